The molecule has 0 rings (SSSR count). The van der Waals surface area contributed by atoms with Gasteiger partial charge in [0.2, 0.25) is 0 Å². The van der Waals surface area contributed by atoms with Gasteiger partial charge in [0.15, 0.2) is 0 Å². The molecule has 0 radical (unpaired) electrons. The summed E-state index contributed by atoms with van der Waals surface area (Å²) in [5.74, 6) is 0. The van der Waals surface area contributed by atoms with Crippen LogP contribution < -0.4 is 5.32 Å². The third-order valence-electron chi connectivity index (χ3n) is 2.67. The summed E-state index contributed by atoms with van der Waals surface area (Å²) in [7, 11) is 2.21. The third kappa shape index (κ3) is 8.52. The van der Waals surface area contributed by atoms with Crippen LogP contribution in [0.2, 0.25) is 0 Å². The first-order valence-corrected chi connectivity index (χ1v) is 6.09. The normalized spacial score (nSPS) is 11.6. The predicted octanol–water partition coefficient (Wildman–Crippen LogP) is 2.50. The zero-order valence-corrected chi connectivity index (χ0v) is 10.5. The zero-order valence-electron chi connectivity index (χ0n) is 10.5. The monoisotopic (exact) mass is 200 g/mol. The molecule has 0 aliphatic rings. The van der Waals surface area contributed by atoms with Crippen LogP contribution in [-0.4, -0.2) is 37.6 Å². The van der Waals surface area contributed by atoms with Crippen LogP contribution in [0.3, 0.4) is 0 Å². The van der Waals surface area contributed by atoms with E-state index in [0.29, 0.717) is 6.04 Å². The average Bonchev–Trinajstić information content (AvgIpc) is 2.16. The molecule has 2 nitrogen and oxygen atoms in total. The molecule has 0 fully saturated rings. The number of hydrogen-bond donors (Lipinski definition) is 1. The van der Waals surface area contributed by atoms with E-state index in [1.54, 1.807) is 0 Å². The summed E-state index contributed by atoms with van der Waals surface area (Å²) in [6.07, 6.45) is 5.26. The molecule has 0 unspecified atom stereocenters. The molecule has 0 aliphatic carbocycles. The first kappa shape index (κ1) is 13.9. The lowest BCUT2D eigenvalue weighted by Crippen LogP contribution is -2.27. The van der Waals surface area contributed by atoms with E-state index in [4.69, 9.17) is 0 Å². The summed E-state index contributed by atoms with van der Waals surface area (Å²) in [6.45, 7) is 10.3. The highest BCUT2D eigenvalue weighted by molar-refractivity contribution is 4.57. The van der Waals surface area contributed by atoms with Crippen LogP contribution in [0.5, 0.6) is 0 Å². The van der Waals surface area contributed by atoms with Gasteiger partial charge in [-0.15, -0.1) is 0 Å². The predicted molar refractivity (Wildman–Crippen MR) is 64.8 cm³/mol. The Balaban J connectivity index is 3.06. The topological polar surface area (TPSA) is 15.3 Å². The molecule has 0 aromatic rings. The Bertz CT molecular complexity index is 113. The highest BCUT2D eigenvalue weighted by Gasteiger charge is 2.01. The van der Waals surface area contributed by atoms with Crippen molar-refractivity contribution in [1.82, 2.24) is 10.2 Å². The highest BCUT2D eigenvalue weighted by atomic mass is 15.1. The lowest BCUT2D eigenvalue weighted by Gasteiger charge is -2.20. The summed E-state index contributed by atoms with van der Waals surface area (Å²) >= 11 is 0. The first-order chi connectivity index (χ1) is 6.68. The first-order valence-electron chi connectivity index (χ1n) is 6.09. The van der Waals surface area contributed by atoms with Gasteiger partial charge in [-0.1, -0.05) is 13.3 Å². The molecule has 0 aliphatic heterocycles. The minimum Gasteiger partial charge on any atom is -0.317 e. The second-order valence-electron chi connectivity index (χ2n) is 4.39. The van der Waals surface area contributed by atoms with Crippen molar-refractivity contribution in [2.24, 2.45) is 0 Å². The number of hydrogen-bond acceptors (Lipinski definition) is 2. The van der Waals surface area contributed by atoms with Gasteiger partial charge in [0, 0.05) is 6.04 Å². The summed E-state index contributed by atoms with van der Waals surface area (Å²) in [5, 5.41) is 3.43. The van der Waals surface area contributed by atoms with Gasteiger partial charge in [-0.25, -0.2) is 0 Å². The zero-order chi connectivity index (χ0) is 10.8. The number of nitrogens with one attached hydrogen (secondary N) is 1. The fraction of sp³-hybridized carbons (Fsp3) is 1.00. The average molecular weight is 200 g/mol. The van der Waals surface area contributed by atoms with Crippen molar-refractivity contribution in [2.45, 2.75) is 52.5 Å². The molecule has 86 valence electrons. The maximum atomic E-state index is 3.43. The van der Waals surface area contributed by atoms with Crippen molar-refractivity contribution in [3.05, 3.63) is 0 Å². The molecule has 0 amide bonds. The molecular formula is C12H28N2. The lowest BCUT2D eigenvalue weighted by molar-refractivity contribution is 0.267. The standard InChI is InChI=1S/C12H28N2/c1-5-9-13-10-7-6-8-11-14(4)12(2)3/h12-13H,5-11H2,1-4H3. The fourth-order valence-corrected chi connectivity index (χ4v) is 1.35. The van der Waals surface area contributed by atoms with Crippen molar-refractivity contribution in [1.29, 1.82) is 0 Å². The molecule has 2 heteroatoms. The molecule has 0 saturated heterocycles. The van der Waals surface area contributed by atoms with Crippen LogP contribution in [0.25, 0.3) is 0 Å². The second kappa shape index (κ2) is 9.47. The Kier molecular flexibility index (Phi) is 9.42. The van der Waals surface area contributed by atoms with Crippen LogP contribution in [-0.2, 0) is 0 Å². The van der Waals surface area contributed by atoms with Gasteiger partial charge in [-0.3, -0.25) is 0 Å². The molecule has 0 aromatic carbocycles. The van der Waals surface area contributed by atoms with Crippen molar-refractivity contribution in [3.8, 4) is 0 Å². The van der Waals surface area contributed by atoms with Crippen molar-refractivity contribution < 1.29 is 0 Å². The maximum absolute atomic E-state index is 3.43. The Hall–Kier alpha value is -0.0800. The van der Waals surface area contributed by atoms with Crippen LogP contribution in [0.15, 0.2) is 0 Å². The molecule has 0 heterocycles. The van der Waals surface area contributed by atoms with E-state index in [2.05, 4.69) is 38.0 Å². The summed E-state index contributed by atoms with van der Waals surface area (Å²) in [6, 6.07) is 0.688. The minimum atomic E-state index is 0.688. The smallest absolute Gasteiger partial charge is 0.00355 e. The number of rotatable bonds is 9. The molecule has 1 N–H and O–H groups in total. The van der Waals surface area contributed by atoms with E-state index >= 15 is 0 Å². The Morgan fingerprint density at radius 2 is 1.79 bits per heavy atom. The van der Waals surface area contributed by atoms with Crippen LogP contribution in [0, 0.1) is 0 Å². The van der Waals surface area contributed by atoms with Gasteiger partial charge in [-0.05, 0) is 59.8 Å². The Labute approximate surface area is 90.1 Å². The molecule has 0 atom stereocenters. The van der Waals surface area contributed by atoms with Crippen molar-refractivity contribution >= 4 is 0 Å². The Morgan fingerprint density at radius 1 is 1.07 bits per heavy atom. The summed E-state index contributed by atoms with van der Waals surface area (Å²) in [5.41, 5.74) is 0. The SMILES string of the molecule is CCCNCCCCCN(C)C(C)C. The van der Waals surface area contributed by atoms with E-state index in [0.717, 1.165) is 0 Å². The van der Waals surface area contributed by atoms with Gasteiger partial charge >= 0.3 is 0 Å². The quantitative estimate of drug-likeness (QED) is 0.575. The van der Waals surface area contributed by atoms with Gasteiger partial charge < -0.3 is 10.2 Å². The lowest BCUT2D eigenvalue weighted by atomic mass is 10.2. The molecular weight excluding hydrogens is 172 g/mol. The van der Waals surface area contributed by atoms with Gasteiger partial charge in [0.25, 0.3) is 0 Å². The second-order valence-corrected chi connectivity index (χ2v) is 4.39. The van der Waals surface area contributed by atoms with Crippen LogP contribution in [0.1, 0.15) is 46.5 Å². The molecule has 0 saturated carbocycles. The summed E-state index contributed by atoms with van der Waals surface area (Å²) in [4.78, 5) is 2.42. The van der Waals surface area contributed by atoms with Gasteiger partial charge in [-0.2, -0.15) is 0 Å². The molecule has 0 aromatic heterocycles. The van der Waals surface area contributed by atoms with Crippen LogP contribution >= 0.6 is 0 Å². The van der Waals surface area contributed by atoms with Gasteiger partial charge in [0.05, 0.1) is 0 Å². The molecule has 0 bridgehead atoms. The molecule has 0 spiro atoms. The minimum absolute atomic E-state index is 0.688. The third-order valence-corrected chi connectivity index (χ3v) is 2.67. The number of nitrogens with zero attached hydrogens (tertiary/aromatic N) is 1. The highest BCUT2D eigenvalue weighted by Crippen LogP contribution is 1.99. The molecule has 14 heavy (non-hydrogen) atoms. The fourth-order valence-electron chi connectivity index (χ4n) is 1.35. The Morgan fingerprint density at radius 3 is 2.36 bits per heavy atom. The van der Waals surface area contributed by atoms with E-state index in [9.17, 15) is 0 Å². The van der Waals surface area contributed by atoms with E-state index < -0.39 is 0 Å². The largest absolute Gasteiger partial charge is 0.317 e. The summed E-state index contributed by atoms with van der Waals surface area (Å²) < 4.78 is 0. The van der Waals surface area contributed by atoms with E-state index in [1.807, 2.05) is 0 Å². The maximum Gasteiger partial charge on any atom is 0.00355 e. The van der Waals surface area contributed by atoms with E-state index in [-0.39, 0.29) is 0 Å². The van der Waals surface area contributed by atoms with E-state index in [1.165, 1.54) is 45.3 Å². The number of unbranched alkanes of at least 4 members (excludes halogenated alkanes) is 2. The van der Waals surface area contributed by atoms with Gasteiger partial charge in [0.1, 0.15) is 0 Å². The van der Waals surface area contributed by atoms with Crippen molar-refractivity contribution in [2.75, 3.05) is 26.7 Å². The van der Waals surface area contributed by atoms with Crippen LogP contribution in [0.4, 0.5) is 0 Å². The van der Waals surface area contributed by atoms with Crippen molar-refractivity contribution in [3.63, 3.8) is 0 Å².